The maximum atomic E-state index is 13.1. The summed E-state index contributed by atoms with van der Waals surface area (Å²) in [6, 6.07) is 0.618. The number of nitrogens with zero attached hydrogens (tertiary/aromatic N) is 2. The van der Waals surface area contributed by atoms with Crippen molar-refractivity contribution in [3.63, 3.8) is 0 Å². The van der Waals surface area contributed by atoms with E-state index in [1.807, 2.05) is 0 Å². The molecule has 1 unspecified atom stereocenters. The molecule has 1 atom stereocenters. The molecule has 0 spiro atoms. The Morgan fingerprint density at radius 1 is 0.960 bits per heavy atom. The molecule has 6 aliphatic rings. The van der Waals surface area contributed by atoms with Gasteiger partial charge in [0.15, 0.2) is 0 Å². The van der Waals surface area contributed by atoms with Crippen molar-refractivity contribution in [1.29, 1.82) is 0 Å². The fourth-order valence-corrected chi connectivity index (χ4v) is 7.25. The van der Waals surface area contributed by atoms with Crippen LogP contribution in [0.2, 0.25) is 0 Å². The lowest BCUT2D eigenvalue weighted by Crippen LogP contribution is -2.50. The summed E-state index contributed by atoms with van der Waals surface area (Å²) in [4.78, 5) is 17.9. The molecule has 6 fully saturated rings. The fourth-order valence-electron chi connectivity index (χ4n) is 7.25. The lowest BCUT2D eigenvalue weighted by Gasteiger charge is -2.56. The molecule has 0 aromatic carbocycles. The second-order valence-electron chi connectivity index (χ2n) is 9.66. The van der Waals surface area contributed by atoms with Crippen LogP contribution < -0.4 is 5.32 Å². The molecule has 2 heterocycles. The smallest absolute Gasteiger partial charge is 0.223 e. The number of hydrogen-bond donors (Lipinski definition) is 1. The van der Waals surface area contributed by atoms with Crippen molar-refractivity contribution < 1.29 is 4.79 Å². The highest BCUT2D eigenvalue weighted by molar-refractivity contribution is 5.85. The Morgan fingerprint density at radius 3 is 2.16 bits per heavy atom. The topological polar surface area (TPSA) is 35.6 Å². The minimum Gasteiger partial charge on any atom is -0.341 e. The first kappa shape index (κ1) is 18.1. The molecule has 1 N–H and O–H groups in total. The molecule has 1 amide bonds. The van der Waals surface area contributed by atoms with Crippen molar-refractivity contribution in [2.45, 2.75) is 57.4 Å². The Labute approximate surface area is 158 Å². The van der Waals surface area contributed by atoms with Gasteiger partial charge in [0.1, 0.15) is 0 Å². The molecular weight excluding hydrogens is 334 g/mol. The van der Waals surface area contributed by atoms with Crippen molar-refractivity contribution in [3.8, 4) is 0 Å². The Balaban J connectivity index is 0.00000157. The highest BCUT2D eigenvalue weighted by atomic mass is 35.5. The summed E-state index contributed by atoms with van der Waals surface area (Å²) in [5.74, 6) is 3.35. The Hall–Kier alpha value is -0.320. The fraction of sp³-hybridized carbons (Fsp3) is 0.950. The molecule has 2 saturated heterocycles. The largest absolute Gasteiger partial charge is 0.341 e. The highest BCUT2D eigenvalue weighted by Crippen LogP contribution is 2.61. The van der Waals surface area contributed by atoms with E-state index < -0.39 is 0 Å². The van der Waals surface area contributed by atoms with Gasteiger partial charge in [0, 0.05) is 51.7 Å². The van der Waals surface area contributed by atoms with E-state index in [2.05, 4.69) is 15.1 Å². The summed E-state index contributed by atoms with van der Waals surface area (Å²) in [6.07, 6.45) is 10.6. The number of carbonyl (C=O) groups is 1. The van der Waals surface area contributed by atoms with E-state index in [1.54, 1.807) is 0 Å². The maximum Gasteiger partial charge on any atom is 0.223 e. The van der Waals surface area contributed by atoms with Gasteiger partial charge in [-0.2, -0.15) is 0 Å². The number of amides is 1. The number of nitrogens with one attached hydrogen (secondary N) is 1. The van der Waals surface area contributed by atoms with Crippen LogP contribution in [0.4, 0.5) is 0 Å². The second-order valence-corrected chi connectivity index (χ2v) is 9.66. The average molecular weight is 368 g/mol. The van der Waals surface area contributed by atoms with E-state index in [-0.39, 0.29) is 12.4 Å². The molecule has 4 aliphatic carbocycles. The molecule has 5 heteroatoms. The quantitative estimate of drug-likeness (QED) is 0.832. The molecule has 0 aromatic rings. The number of piperazine rings is 1. The average Bonchev–Trinajstić information content (AvgIpc) is 3.04. The van der Waals surface area contributed by atoms with Crippen LogP contribution in [-0.4, -0.2) is 61.0 Å². The number of carbonyl (C=O) groups excluding carboxylic acids is 1. The van der Waals surface area contributed by atoms with E-state index in [1.165, 1.54) is 44.9 Å². The standard InChI is InChI=1S/C20H33N3O.ClH/c24-19(23-4-1-18(14-23)22-5-2-21-3-6-22)13-20-10-15-7-16(11-20)9-17(8-15)12-20;/h15-18,21H,1-14H2;1H. The lowest BCUT2D eigenvalue weighted by molar-refractivity contribution is -0.138. The van der Waals surface area contributed by atoms with Gasteiger partial charge in [-0.3, -0.25) is 9.69 Å². The summed E-state index contributed by atoms with van der Waals surface area (Å²) in [5.41, 5.74) is 0.402. The second kappa shape index (κ2) is 7.01. The van der Waals surface area contributed by atoms with Gasteiger partial charge in [-0.15, -0.1) is 12.4 Å². The van der Waals surface area contributed by atoms with Crippen LogP contribution in [0.1, 0.15) is 51.4 Å². The van der Waals surface area contributed by atoms with Crippen molar-refractivity contribution >= 4 is 18.3 Å². The van der Waals surface area contributed by atoms with E-state index in [0.29, 0.717) is 17.4 Å². The molecule has 0 aromatic heterocycles. The van der Waals surface area contributed by atoms with E-state index in [4.69, 9.17) is 0 Å². The van der Waals surface area contributed by atoms with Crippen molar-refractivity contribution in [2.24, 2.45) is 23.2 Å². The molecule has 4 bridgehead atoms. The molecule has 4 nitrogen and oxygen atoms in total. The van der Waals surface area contributed by atoms with Gasteiger partial charge in [0.05, 0.1) is 0 Å². The van der Waals surface area contributed by atoms with Gasteiger partial charge in [-0.1, -0.05) is 0 Å². The normalized spacial score (nSPS) is 43.3. The highest BCUT2D eigenvalue weighted by Gasteiger charge is 2.52. The van der Waals surface area contributed by atoms with Crippen LogP contribution in [-0.2, 0) is 4.79 Å². The molecular formula is C20H34ClN3O. The summed E-state index contributed by atoms with van der Waals surface area (Å²) < 4.78 is 0. The van der Waals surface area contributed by atoms with Gasteiger partial charge in [-0.05, 0) is 68.1 Å². The Kier molecular flexibility index (Phi) is 5.07. The molecule has 4 saturated carbocycles. The predicted molar refractivity (Wildman–Crippen MR) is 102 cm³/mol. The summed E-state index contributed by atoms with van der Waals surface area (Å²) in [6.45, 7) is 6.52. The molecule has 6 rings (SSSR count). The zero-order valence-corrected chi connectivity index (χ0v) is 16.2. The third-order valence-corrected chi connectivity index (χ3v) is 7.88. The SMILES string of the molecule is Cl.O=C(CC12CC3CC(CC(C3)C1)C2)N1CCC(N2CCNCC2)C1. The van der Waals surface area contributed by atoms with Crippen molar-refractivity contribution in [3.05, 3.63) is 0 Å². The third kappa shape index (κ3) is 3.46. The molecule has 142 valence electrons. The summed E-state index contributed by atoms with van der Waals surface area (Å²) >= 11 is 0. The number of halogens is 1. The van der Waals surface area contributed by atoms with Gasteiger partial charge in [-0.25, -0.2) is 0 Å². The van der Waals surface area contributed by atoms with E-state index in [9.17, 15) is 4.79 Å². The molecule has 25 heavy (non-hydrogen) atoms. The van der Waals surface area contributed by atoms with Crippen LogP contribution in [0, 0.1) is 23.2 Å². The van der Waals surface area contributed by atoms with Crippen molar-refractivity contribution in [2.75, 3.05) is 39.3 Å². The van der Waals surface area contributed by atoms with Gasteiger partial charge >= 0.3 is 0 Å². The zero-order valence-electron chi connectivity index (χ0n) is 15.4. The van der Waals surface area contributed by atoms with Crippen LogP contribution in [0.25, 0.3) is 0 Å². The number of likely N-dealkylation sites (tertiary alicyclic amines) is 1. The molecule has 2 aliphatic heterocycles. The van der Waals surface area contributed by atoms with E-state index >= 15 is 0 Å². The van der Waals surface area contributed by atoms with Crippen LogP contribution in [0.3, 0.4) is 0 Å². The molecule has 0 radical (unpaired) electrons. The summed E-state index contributed by atoms with van der Waals surface area (Å²) in [7, 11) is 0. The predicted octanol–water partition coefficient (Wildman–Crippen LogP) is 2.52. The number of hydrogen-bond acceptors (Lipinski definition) is 3. The Morgan fingerprint density at radius 2 is 1.56 bits per heavy atom. The monoisotopic (exact) mass is 367 g/mol. The minimum atomic E-state index is 0. The van der Waals surface area contributed by atoms with Crippen molar-refractivity contribution in [1.82, 2.24) is 15.1 Å². The van der Waals surface area contributed by atoms with Crippen LogP contribution in [0.15, 0.2) is 0 Å². The Bertz CT molecular complexity index is 470. The maximum absolute atomic E-state index is 13.1. The van der Waals surface area contributed by atoms with Gasteiger partial charge in [0.2, 0.25) is 5.91 Å². The first-order chi connectivity index (χ1) is 11.7. The first-order valence-corrected chi connectivity index (χ1v) is 10.4. The number of rotatable bonds is 3. The van der Waals surface area contributed by atoms with Crippen LogP contribution >= 0.6 is 12.4 Å². The minimum absolute atomic E-state index is 0. The zero-order chi connectivity index (χ0) is 16.1. The van der Waals surface area contributed by atoms with Gasteiger partial charge in [0.25, 0.3) is 0 Å². The van der Waals surface area contributed by atoms with E-state index in [0.717, 1.165) is 63.4 Å². The summed E-state index contributed by atoms with van der Waals surface area (Å²) in [5, 5.41) is 3.44. The van der Waals surface area contributed by atoms with Crippen LogP contribution in [0.5, 0.6) is 0 Å². The third-order valence-electron chi connectivity index (χ3n) is 7.88. The lowest BCUT2D eigenvalue weighted by atomic mass is 9.49. The first-order valence-electron chi connectivity index (χ1n) is 10.4. The van der Waals surface area contributed by atoms with Gasteiger partial charge < -0.3 is 10.2 Å².